The van der Waals surface area contributed by atoms with Crippen LogP contribution in [0.2, 0.25) is 0 Å². The van der Waals surface area contributed by atoms with Crippen molar-refractivity contribution in [2.45, 2.75) is 20.3 Å². The average molecular weight is 322 g/mol. The van der Waals surface area contributed by atoms with Gasteiger partial charge in [-0.3, -0.25) is 4.79 Å². The number of H-pyrrole nitrogens is 1. The van der Waals surface area contributed by atoms with E-state index in [1.807, 2.05) is 50.4 Å². The van der Waals surface area contributed by atoms with E-state index in [1.54, 1.807) is 0 Å². The summed E-state index contributed by atoms with van der Waals surface area (Å²) < 4.78 is 5.67. The van der Waals surface area contributed by atoms with Crippen LogP contribution in [0.25, 0.3) is 10.9 Å². The van der Waals surface area contributed by atoms with Crippen molar-refractivity contribution >= 4 is 16.8 Å². The van der Waals surface area contributed by atoms with Gasteiger partial charge in [-0.05, 0) is 43.0 Å². The minimum absolute atomic E-state index is 0.0412. The van der Waals surface area contributed by atoms with Crippen molar-refractivity contribution in [2.24, 2.45) is 0 Å². The summed E-state index contributed by atoms with van der Waals surface area (Å²) in [5.74, 6) is 0.696. The Balaban J connectivity index is 1.49. The maximum Gasteiger partial charge on any atom is 0.257 e. The van der Waals surface area contributed by atoms with Gasteiger partial charge in [0.2, 0.25) is 0 Å². The number of hydrogen-bond acceptors (Lipinski definition) is 2. The number of aryl methyl sites for hydroxylation is 2. The van der Waals surface area contributed by atoms with Gasteiger partial charge in [-0.15, -0.1) is 0 Å². The Labute approximate surface area is 141 Å². The fraction of sp³-hybridized carbons (Fsp3) is 0.250. The molecular weight excluding hydrogens is 300 g/mol. The maximum absolute atomic E-state index is 12.0. The van der Waals surface area contributed by atoms with Crippen LogP contribution < -0.4 is 10.1 Å². The number of aromatic nitrogens is 1. The number of fused-ring (bicyclic) bond motifs is 1. The van der Waals surface area contributed by atoms with Crippen molar-refractivity contribution < 1.29 is 9.53 Å². The van der Waals surface area contributed by atoms with Gasteiger partial charge in [0.25, 0.3) is 5.91 Å². The molecule has 0 aliphatic carbocycles. The minimum atomic E-state index is -0.0995. The van der Waals surface area contributed by atoms with Gasteiger partial charge in [-0.1, -0.05) is 36.4 Å². The van der Waals surface area contributed by atoms with Crippen LogP contribution in [0.4, 0.5) is 0 Å². The van der Waals surface area contributed by atoms with E-state index in [1.165, 1.54) is 10.9 Å². The number of carbonyl (C=O) groups excluding carboxylic acids is 1. The molecule has 1 aromatic heterocycles. The quantitative estimate of drug-likeness (QED) is 0.729. The molecule has 3 rings (SSSR count). The highest BCUT2D eigenvalue weighted by atomic mass is 16.5. The summed E-state index contributed by atoms with van der Waals surface area (Å²) in [7, 11) is 0. The van der Waals surface area contributed by atoms with Gasteiger partial charge in [-0.25, -0.2) is 0 Å². The first-order chi connectivity index (χ1) is 11.6. The number of amides is 1. The van der Waals surface area contributed by atoms with Crippen molar-refractivity contribution in [1.29, 1.82) is 0 Å². The van der Waals surface area contributed by atoms with E-state index >= 15 is 0 Å². The van der Waals surface area contributed by atoms with E-state index in [2.05, 4.69) is 22.4 Å². The summed E-state index contributed by atoms with van der Waals surface area (Å²) in [6.07, 6.45) is 2.79. The summed E-state index contributed by atoms with van der Waals surface area (Å²) in [6.45, 7) is 4.60. The number of benzene rings is 2. The number of aromatic amines is 1. The molecule has 4 nitrogen and oxygen atoms in total. The first kappa shape index (κ1) is 16.1. The number of rotatable bonds is 6. The second kappa shape index (κ2) is 7.21. The van der Waals surface area contributed by atoms with E-state index in [9.17, 15) is 4.79 Å². The predicted molar refractivity (Wildman–Crippen MR) is 96.4 cm³/mol. The van der Waals surface area contributed by atoms with Crippen LogP contribution in [0.5, 0.6) is 5.75 Å². The largest absolute Gasteiger partial charge is 0.483 e. The standard InChI is InChI=1S/C20H22N2O2/c1-14-6-5-7-15(2)20(14)24-13-19(23)21-11-10-16-12-22-18-9-4-3-8-17(16)18/h3-9,12,22H,10-11,13H2,1-2H3,(H,21,23). The van der Waals surface area contributed by atoms with Crippen molar-refractivity contribution in [2.75, 3.05) is 13.2 Å². The van der Waals surface area contributed by atoms with Crippen LogP contribution in [-0.4, -0.2) is 24.0 Å². The summed E-state index contributed by atoms with van der Waals surface area (Å²) in [4.78, 5) is 15.2. The van der Waals surface area contributed by atoms with Crippen molar-refractivity contribution in [3.05, 3.63) is 65.4 Å². The molecular formula is C20H22N2O2. The zero-order valence-electron chi connectivity index (χ0n) is 14.1. The Morgan fingerprint density at radius 1 is 1.08 bits per heavy atom. The maximum atomic E-state index is 12.0. The van der Waals surface area contributed by atoms with E-state index in [0.29, 0.717) is 6.54 Å². The lowest BCUT2D eigenvalue weighted by atomic mass is 10.1. The molecule has 3 aromatic rings. The van der Waals surface area contributed by atoms with Gasteiger partial charge in [-0.2, -0.15) is 0 Å². The van der Waals surface area contributed by atoms with Crippen molar-refractivity contribution in [3.8, 4) is 5.75 Å². The summed E-state index contributed by atoms with van der Waals surface area (Å²) in [5, 5.41) is 4.12. The van der Waals surface area contributed by atoms with Crippen molar-refractivity contribution in [1.82, 2.24) is 10.3 Å². The summed E-state index contributed by atoms with van der Waals surface area (Å²) in [5.41, 5.74) is 4.42. The van der Waals surface area contributed by atoms with Gasteiger partial charge < -0.3 is 15.0 Å². The smallest absolute Gasteiger partial charge is 0.257 e. The first-order valence-electron chi connectivity index (χ1n) is 8.16. The molecule has 0 atom stereocenters. The molecule has 0 spiro atoms. The van der Waals surface area contributed by atoms with E-state index in [0.717, 1.165) is 28.8 Å². The highest BCUT2D eigenvalue weighted by Crippen LogP contribution is 2.22. The normalized spacial score (nSPS) is 10.8. The molecule has 4 heteroatoms. The molecule has 124 valence electrons. The zero-order valence-corrected chi connectivity index (χ0v) is 14.1. The molecule has 2 aromatic carbocycles. The van der Waals surface area contributed by atoms with Gasteiger partial charge in [0, 0.05) is 23.6 Å². The van der Waals surface area contributed by atoms with Gasteiger partial charge in [0.1, 0.15) is 5.75 Å². The van der Waals surface area contributed by atoms with Crippen molar-refractivity contribution in [3.63, 3.8) is 0 Å². The lowest BCUT2D eigenvalue weighted by Crippen LogP contribution is -2.30. The second-order valence-electron chi connectivity index (χ2n) is 5.97. The highest BCUT2D eigenvalue weighted by molar-refractivity contribution is 5.83. The number of carbonyl (C=O) groups is 1. The molecule has 0 aliphatic rings. The number of para-hydroxylation sites is 2. The SMILES string of the molecule is Cc1cccc(C)c1OCC(=O)NCCc1c[nH]c2ccccc12. The third-order valence-corrected chi connectivity index (χ3v) is 4.15. The fourth-order valence-corrected chi connectivity index (χ4v) is 2.89. The molecule has 0 aliphatic heterocycles. The lowest BCUT2D eigenvalue weighted by molar-refractivity contribution is -0.123. The topological polar surface area (TPSA) is 54.1 Å². The molecule has 0 saturated carbocycles. The molecule has 24 heavy (non-hydrogen) atoms. The number of nitrogens with one attached hydrogen (secondary N) is 2. The molecule has 0 unspecified atom stereocenters. The van der Waals surface area contributed by atoms with Crippen LogP contribution in [0.3, 0.4) is 0 Å². The molecule has 0 radical (unpaired) electrons. The Morgan fingerprint density at radius 2 is 1.83 bits per heavy atom. The molecule has 1 amide bonds. The lowest BCUT2D eigenvalue weighted by Gasteiger charge is -2.11. The van der Waals surface area contributed by atoms with Crippen LogP contribution in [0, 0.1) is 13.8 Å². The molecule has 1 heterocycles. The monoisotopic (exact) mass is 322 g/mol. The van der Waals surface area contributed by atoms with Crippen LogP contribution in [0.1, 0.15) is 16.7 Å². The number of hydrogen-bond donors (Lipinski definition) is 2. The zero-order chi connectivity index (χ0) is 16.9. The van der Waals surface area contributed by atoms with E-state index in [-0.39, 0.29) is 12.5 Å². The molecule has 0 bridgehead atoms. The third kappa shape index (κ3) is 3.59. The Morgan fingerprint density at radius 3 is 2.62 bits per heavy atom. The van der Waals surface area contributed by atoms with Gasteiger partial charge >= 0.3 is 0 Å². The van der Waals surface area contributed by atoms with Crippen LogP contribution >= 0.6 is 0 Å². The Hall–Kier alpha value is -2.75. The highest BCUT2D eigenvalue weighted by Gasteiger charge is 2.08. The van der Waals surface area contributed by atoms with E-state index < -0.39 is 0 Å². The second-order valence-corrected chi connectivity index (χ2v) is 5.97. The van der Waals surface area contributed by atoms with Gasteiger partial charge in [0.05, 0.1) is 0 Å². The molecule has 2 N–H and O–H groups in total. The minimum Gasteiger partial charge on any atom is -0.483 e. The predicted octanol–water partition coefficient (Wildman–Crippen LogP) is 3.52. The van der Waals surface area contributed by atoms with Gasteiger partial charge in [0.15, 0.2) is 6.61 Å². The molecule has 0 saturated heterocycles. The third-order valence-electron chi connectivity index (χ3n) is 4.15. The average Bonchev–Trinajstić information content (AvgIpc) is 2.98. The van der Waals surface area contributed by atoms with Crippen LogP contribution in [-0.2, 0) is 11.2 Å². The van der Waals surface area contributed by atoms with E-state index in [4.69, 9.17) is 4.74 Å². The Kier molecular flexibility index (Phi) is 4.85. The number of ether oxygens (including phenoxy) is 1. The first-order valence-corrected chi connectivity index (χ1v) is 8.16. The fourth-order valence-electron chi connectivity index (χ4n) is 2.89. The summed E-state index contributed by atoms with van der Waals surface area (Å²) in [6, 6.07) is 14.1. The Bertz CT molecular complexity index is 831. The molecule has 0 fully saturated rings. The summed E-state index contributed by atoms with van der Waals surface area (Å²) >= 11 is 0. The van der Waals surface area contributed by atoms with Crippen LogP contribution in [0.15, 0.2) is 48.7 Å².